The molecule has 0 amide bonds. The lowest BCUT2D eigenvalue weighted by Gasteiger charge is -2.35. The average molecular weight is 308 g/mol. The first-order valence-electron chi connectivity index (χ1n) is 4.30. The molecule has 0 aliphatic rings. The van der Waals surface area contributed by atoms with Gasteiger partial charge in [0.2, 0.25) is 0 Å². The van der Waals surface area contributed by atoms with Gasteiger partial charge in [-0.3, -0.25) is 0 Å². The van der Waals surface area contributed by atoms with Gasteiger partial charge in [0.15, 0.2) is 0 Å². The molecule has 0 aliphatic carbocycles. The minimum atomic E-state index is -6.27. The standard InChI is InChI=1S/C8H6F10O/c1-2-19-5(10,3-6(11,12)13)7(14,15)4(9)8(16,17)18/h2,4H,1,3H2. The predicted molar refractivity (Wildman–Crippen MR) is 41.7 cm³/mol. The monoisotopic (exact) mass is 308 g/mol. The normalized spacial score (nSPS) is 18.6. The summed E-state index contributed by atoms with van der Waals surface area (Å²) in [5, 5.41) is 0. The Morgan fingerprint density at radius 3 is 1.63 bits per heavy atom. The molecule has 0 aromatic heterocycles. The molecule has 0 rings (SSSR count). The Hall–Kier alpha value is -1.16. The first kappa shape index (κ1) is 17.8. The van der Waals surface area contributed by atoms with Gasteiger partial charge in [0.25, 0.3) is 6.17 Å². The molecular formula is C8H6F10O. The molecule has 0 N–H and O–H groups in total. The summed E-state index contributed by atoms with van der Waals surface area (Å²) in [6.45, 7) is 2.44. The van der Waals surface area contributed by atoms with E-state index in [-0.39, 0.29) is 6.26 Å². The highest BCUT2D eigenvalue weighted by Crippen LogP contribution is 2.48. The van der Waals surface area contributed by atoms with Crippen molar-refractivity contribution in [2.45, 2.75) is 36.7 Å². The van der Waals surface area contributed by atoms with E-state index in [1.54, 1.807) is 0 Å². The summed E-state index contributed by atoms with van der Waals surface area (Å²) in [5.74, 6) is -11.4. The first-order valence-corrected chi connectivity index (χ1v) is 4.30. The van der Waals surface area contributed by atoms with Crippen LogP contribution < -0.4 is 0 Å². The second-order valence-corrected chi connectivity index (χ2v) is 3.33. The highest BCUT2D eigenvalue weighted by atomic mass is 19.4. The molecule has 0 saturated carbocycles. The smallest absolute Gasteiger partial charge is 0.425 e. The molecule has 1 nitrogen and oxygen atoms in total. The van der Waals surface area contributed by atoms with E-state index in [0.29, 0.717) is 0 Å². The molecular weight excluding hydrogens is 302 g/mol. The first-order chi connectivity index (χ1) is 8.17. The summed E-state index contributed by atoms with van der Waals surface area (Å²) in [6.07, 6.45) is -20.5. The second kappa shape index (κ2) is 5.08. The lowest BCUT2D eigenvalue weighted by molar-refractivity contribution is -0.347. The van der Waals surface area contributed by atoms with Crippen molar-refractivity contribution in [1.29, 1.82) is 0 Å². The van der Waals surface area contributed by atoms with Crippen LogP contribution in [0.5, 0.6) is 0 Å². The van der Waals surface area contributed by atoms with E-state index in [2.05, 4.69) is 11.3 Å². The molecule has 2 atom stereocenters. The van der Waals surface area contributed by atoms with Gasteiger partial charge >= 0.3 is 24.1 Å². The van der Waals surface area contributed by atoms with Crippen LogP contribution in [-0.2, 0) is 4.74 Å². The zero-order valence-electron chi connectivity index (χ0n) is 8.76. The van der Waals surface area contributed by atoms with Gasteiger partial charge in [-0.1, -0.05) is 6.58 Å². The van der Waals surface area contributed by atoms with Crippen LogP contribution in [0.1, 0.15) is 6.42 Å². The summed E-state index contributed by atoms with van der Waals surface area (Å²) in [6, 6.07) is 0. The van der Waals surface area contributed by atoms with Crippen LogP contribution in [0, 0.1) is 0 Å². The van der Waals surface area contributed by atoms with E-state index in [9.17, 15) is 43.9 Å². The number of ether oxygens (including phenoxy) is 1. The Morgan fingerprint density at radius 1 is 0.947 bits per heavy atom. The van der Waals surface area contributed by atoms with Gasteiger partial charge in [-0.25, -0.2) is 4.39 Å². The molecule has 0 aliphatic heterocycles. The molecule has 19 heavy (non-hydrogen) atoms. The largest absolute Gasteiger partial charge is 0.460 e. The Bertz CT molecular complexity index is 318. The fraction of sp³-hybridized carbons (Fsp3) is 0.750. The van der Waals surface area contributed by atoms with Crippen LogP contribution in [0.3, 0.4) is 0 Å². The second-order valence-electron chi connectivity index (χ2n) is 3.33. The molecule has 0 aromatic carbocycles. The van der Waals surface area contributed by atoms with Crippen LogP contribution in [-0.4, -0.2) is 30.3 Å². The van der Waals surface area contributed by atoms with E-state index in [0.717, 1.165) is 0 Å². The molecule has 0 fully saturated rings. The van der Waals surface area contributed by atoms with Crippen LogP contribution in [0.4, 0.5) is 43.9 Å². The lowest BCUT2D eigenvalue weighted by atomic mass is 10.0. The zero-order valence-corrected chi connectivity index (χ0v) is 8.76. The molecule has 114 valence electrons. The van der Waals surface area contributed by atoms with Gasteiger partial charge in [0.05, 0.1) is 6.26 Å². The van der Waals surface area contributed by atoms with E-state index in [1.807, 2.05) is 0 Å². The van der Waals surface area contributed by atoms with Crippen molar-refractivity contribution < 1.29 is 48.6 Å². The Morgan fingerprint density at radius 2 is 1.37 bits per heavy atom. The maximum atomic E-state index is 13.3. The summed E-state index contributed by atoms with van der Waals surface area (Å²) in [7, 11) is 0. The van der Waals surface area contributed by atoms with Crippen molar-refractivity contribution in [1.82, 2.24) is 0 Å². The number of hydrogen-bond acceptors (Lipinski definition) is 1. The fourth-order valence-electron chi connectivity index (χ4n) is 1.02. The molecule has 0 spiro atoms. The SMILES string of the molecule is C=COC(F)(CC(F)(F)F)C(F)(F)C(F)C(F)(F)F. The molecule has 11 heteroatoms. The summed E-state index contributed by atoms with van der Waals surface area (Å²) < 4.78 is 126. The van der Waals surface area contributed by atoms with Gasteiger partial charge in [-0.15, -0.1) is 0 Å². The van der Waals surface area contributed by atoms with Crippen molar-refractivity contribution in [3.63, 3.8) is 0 Å². The van der Waals surface area contributed by atoms with Crippen LogP contribution in [0.2, 0.25) is 0 Å². The van der Waals surface area contributed by atoms with E-state index >= 15 is 0 Å². The van der Waals surface area contributed by atoms with Gasteiger partial charge < -0.3 is 4.74 Å². The fourth-order valence-corrected chi connectivity index (χ4v) is 1.02. The predicted octanol–water partition coefficient (Wildman–Crippen LogP) is 4.30. The Labute approximate surface area is 99.4 Å². The number of alkyl halides is 10. The molecule has 0 saturated heterocycles. The maximum Gasteiger partial charge on any atom is 0.425 e. The average Bonchev–Trinajstić information content (AvgIpc) is 2.12. The van der Waals surface area contributed by atoms with Gasteiger partial charge in [-0.2, -0.15) is 39.5 Å². The van der Waals surface area contributed by atoms with Gasteiger partial charge in [0, 0.05) is 0 Å². The van der Waals surface area contributed by atoms with Crippen molar-refractivity contribution in [2.24, 2.45) is 0 Å². The van der Waals surface area contributed by atoms with Gasteiger partial charge in [0.1, 0.15) is 6.42 Å². The molecule has 0 aromatic rings. The zero-order chi connectivity index (χ0) is 15.7. The summed E-state index contributed by atoms with van der Waals surface area (Å²) >= 11 is 0. The van der Waals surface area contributed by atoms with Crippen molar-refractivity contribution in [2.75, 3.05) is 0 Å². The van der Waals surface area contributed by atoms with Crippen LogP contribution in [0.15, 0.2) is 12.8 Å². The van der Waals surface area contributed by atoms with Gasteiger partial charge in [-0.05, 0) is 0 Å². The number of rotatable bonds is 5. The van der Waals surface area contributed by atoms with Crippen LogP contribution in [0.25, 0.3) is 0 Å². The van der Waals surface area contributed by atoms with E-state index in [1.165, 1.54) is 0 Å². The van der Waals surface area contributed by atoms with Crippen LogP contribution >= 0.6 is 0 Å². The minimum Gasteiger partial charge on any atom is -0.460 e. The third kappa shape index (κ3) is 4.16. The topological polar surface area (TPSA) is 9.23 Å². The maximum absolute atomic E-state index is 13.3. The Balaban J connectivity index is 5.54. The summed E-state index contributed by atoms with van der Waals surface area (Å²) in [4.78, 5) is 0. The van der Waals surface area contributed by atoms with E-state index < -0.39 is 36.7 Å². The van der Waals surface area contributed by atoms with Crippen molar-refractivity contribution in [3.8, 4) is 0 Å². The highest BCUT2D eigenvalue weighted by Gasteiger charge is 2.72. The molecule has 0 heterocycles. The van der Waals surface area contributed by atoms with Crippen molar-refractivity contribution >= 4 is 0 Å². The van der Waals surface area contributed by atoms with E-state index in [4.69, 9.17) is 0 Å². The number of halogens is 10. The highest BCUT2D eigenvalue weighted by molar-refractivity contribution is 4.97. The number of hydrogen-bond donors (Lipinski definition) is 0. The Kier molecular flexibility index (Phi) is 4.77. The van der Waals surface area contributed by atoms with Crippen molar-refractivity contribution in [3.05, 3.63) is 12.8 Å². The third-order valence-electron chi connectivity index (χ3n) is 1.80. The quantitative estimate of drug-likeness (QED) is 0.543. The molecule has 2 unspecified atom stereocenters. The lowest BCUT2D eigenvalue weighted by Crippen LogP contribution is -2.58. The molecule has 0 radical (unpaired) electrons. The minimum absolute atomic E-state index is 0.275. The summed E-state index contributed by atoms with van der Waals surface area (Å²) in [5.41, 5.74) is 0. The molecule has 0 bridgehead atoms. The third-order valence-corrected chi connectivity index (χ3v) is 1.80.